The molecule has 0 spiro atoms. The molecule has 0 amide bonds. The molecule has 0 saturated heterocycles. The van der Waals surface area contributed by atoms with Crippen molar-refractivity contribution in [2.75, 3.05) is 0 Å². The number of fused-ring (bicyclic) bond motifs is 3. The van der Waals surface area contributed by atoms with Crippen molar-refractivity contribution in [3.05, 3.63) is 36.0 Å². The van der Waals surface area contributed by atoms with Crippen LogP contribution in [0.1, 0.15) is 18.5 Å². The van der Waals surface area contributed by atoms with E-state index in [1.54, 1.807) is 0 Å². The molecule has 64 valence electrons. The third-order valence-corrected chi connectivity index (χ3v) is 2.63. The van der Waals surface area contributed by atoms with Crippen LogP contribution in [-0.2, 0) is 0 Å². The average molecular weight is 171 g/mol. The first-order chi connectivity index (χ1) is 6.38. The van der Waals surface area contributed by atoms with Crippen molar-refractivity contribution in [3.63, 3.8) is 0 Å². The van der Waals surface area contributed by atoms with Gasteiger partial charge in [0.15, 0.2) is 0 Å². The Labute approximate surface area is 76.0 Å². The van der Waals surface area contributed by atoms with Crippen molar-refractivity contribution in [2.24, 2.45) is 0 Å². The number of aromatic nitrogens is 3. The van der Waals surface area contributed by atoms with Crippen LogP contribution in [0.25, 0.3) is 11.3 Å². The molecular formula is C10H9N3. The van der Waals surface area contributed by atoms with Gasteiger partial charge in [0.05, 0.1) is 17.9 Å². The lowest BCUT2D eigenvalue weighted by molar-refractivity contribution is 0.568. The quantitative estimate of drug-likeness (QED) is 0.605. The molecule has 3 heteroatoms. The molecule has 0 saturated carbocycles. The second kappa shape index (κ2) is 2.19. The summed E-state index contributed by atoms with van der Waals surface area (Å²) < 4.78 is 1.96. The van der Waals surface area contributed by atoms with Crippen molar-refractivity contribution < 1.29 is 0 Å². The highest BCUT2D eigenvalue weighted by Gasteiger charge is 2.25. The second-order valence-electron chi connectivity index (χ2n) is 3.33. The zero-order chi connectivity index (χ0) is 8.84. The Morgan fingerprint density at radius 1 is 1.31 bits per heavy atom. The highest BCUT2D eigenvalue weighted by Crippen LogP contribution is 2.37. The fraction of sp³-hybridized carbons (Fsp3) is 0.200. The molecule has 1 aliphatic heterocycles. The van der Waals surface area contributed by atoms with Gasteiger partial charge in [0.25, 0.3) is 0 Å². The molecule has 1 unspecified atom stereocenters. The van der Waals surface area contributed by atoms with Gasteiger partial charge in [0, 0.05) is 5.56 Å². The van der Waals surface area contributed by atoms with Crippen LogP contribution >= 0.6 is 0 Å². The first-order valence-electron chi connectivity index (χ1n) is 4.37. The Bertz CT molecular complexity index is 459. The molecule has 2 heterocycles. The fourth-order valence-electron chi connectivity index (χ4n) is 1.95. The van der Waals surface area contributed by atoms with E-state index >= 15 is 0 Å². The minimum atomic E-state index is 0.327. The number of rotatable bonds is 0. The van der Waals surface area contributed by atoms with E-state index in [1.165, 1.54) is 11.1 Å². The van der Waals surface area contributed by atoms with E-state index in [4.69, 9.17) is 0 Å². The van der Waals surface area contributed by atoms with Crippen molar-refractivity contribution in [2.45, 2.75) is 13.0 Å². The lowest BCUT2D eigenvalue weighted by Crippen LogP contribution is -2.02. The van der Waals surface area contributed by atoms with Crippen LogP contribution in [-0.4, -0.2) is 15.0 Å². The largest absolute Gasteiger partial charge is 0.237 e. The molecule has 0 fully saturated rings. The van der Waals surface area contributed by atoms with Gasteiger partial charge < -0.3 is 0 Å². The first-order valence-corrected chi connectivity index (χ1v) is 4.37. The van der Waals surface area contributed by atoms with E-state index < -0.39 is 0 Å². The molecule has 0 radical (unpaired) electrons. The number of benzene rings is 1. The lowest BCUT2D eigenvalue weighted by Gasteiger charge is -2.04. The number of nitrogens with zero attached hydrogens (tertiary/aromatic N) is 3. The van der Waals surface area contributed by atoms with E-state index in [2.05, 4.69) is 35.4 Å². The minimum Gasteiger partial charge on any atom is -0.237 e. The Balaban J connectivity index is 2.37. The van der Waals surface area contributed by atoms with Gasteiger partial charge in [-0.3, -0.25) is 0 Å². The number of hydrogen-bond acceptors (Lipinski definition) is 2. The Hall–Kier alpha value is -1.64. The normalized spacial score (nSPS) is 18.4. The van der Waals surface area contributed by atoms with Gasteiger partial charge in [0.2, 0.25) is 0 Å². The lowest BCUT2D eigenvalue weighted by atomic mass is 10.0. The summed E-state index contributed by atoms with van der Waals surface area (Å²) in [6.07, 6.45) is 1.82. The standard InChI is InChI=1S/C10H9N3/c1-7-8-4-2-3-5-9(8)10-6-11-12-13(7)10/h2-7H,1H3. The molecule has 1 atom stereocenters. The third-order valence-electron chi connectivity index (χ3n) is 2.63. The first kappa shape index (κ1) is 6.83. The topological polar surface area (TPSA) is 30.7 Å². The van der Waals surface area contributed by atoms with Gasteiger partial charge in [-0.05, 0) is 12.5 Å². The summed E-state index contributed by atoms with van der Waals surface area (Å²) in [6.45, 7) is 2.14. The minimum absolute atomic E-state index is 0.327. The highest BCUT2D eigenvalue weighted by molar-refractivity contribution is 5.67. The summed E-state index contributed by atoms with van der Waals surface area (Å²) in [7, 11) is 0. The summed E-state index contributed by atoms with van der Waals surface area (Å²) >= 11 is 0. The van der Waals surface area contributed by atoms with Gasteiger partial charge in [0.1, 0.15) is 0 Å². The summed E-state index contributed by atoms with van der Waals surface area (Å²) in [6, 6.07) is 8.71. The second-order valence-corrected chi connectivity index (χ2v) is 3.33. The molecular weight excluding hydrogens is 162 g/mol. The van der Waals surface area contributed by atoms with Crippen molar-refractivity contribution >= 4 is 0 Å². The molecule has 0 aliphatic carbocycles. The Kier molecular flexibility index (Phi) is 1.15. The molecule has 1 aromatic carbocycles. The van der Waals surface area contributed by atoms with Crippen molar-refractivity contribution in [3.8, 4) is 11.3 Å². The van der Waals surface area contributed by atoms with Crippen LogP contribution in [0.15, 0.2) is 30.5 Å². The van der Waals surface area contributed by atoms with Crippen LogP contribution in [0, 0.1) is 0 Å². The molecule has 1 aromatic heterocycles. The molecule has 3 rings (SSSR count). The maximum Gasteiger partial charge on any atom is 0.0896 e. The summed E-state index contributed by atoms with van der Waals surface area (Å²) in [5.74, 6) is 0. The smallest absolute Gasteiger partial charge is 0.0896 e. The van der Waals surface area contributed by atoms with Crippen molar-refractivity contribution in [1.82, 2.24) is 15.0 Å². The average Bonchev–Trinajstić information content (AvgIpc) is 2.72. The van der Waals surface area contributed by atoms with E-state index in [9.17, 15) is 0 Å². The van der Waals surface area contributed by atoms with Crippen LogP contribution in [0.4, 0.5) is 0 Å². The predicted molar refractivity (Wildman–Crippen MR) is 49.3 cm³/mol. The Morgan fingerprint density at radius 2 is 2.15 bits per heavy atom. The van der Waals surface area contributed by atoms with E-state index in [-0.39, 0.29) is 0 Å². The van der Waals surface area contributed by atoms with Crippen molar-refractivity contribution in [1.29, 1.82) is 0 Å². The third kappa shape index (κ3) is 0.736. The molecule has 0 bridgehead atoms. The molecule has 1 aliphatic rings. The fourth-order valence-corrected chi connectivity index (χ4v) is 1.95. The molecule has 3 nitrogen and oxygen atoms in total. The van der Waals surface area contributed by atoms with E-state index in [0.29, 0.717) is 6.04 Å². The molecule has 2 aromatic rings. The zero-order valence-corrected chi connectivity index (χ0v) is 7.31. The maximum atomic E-state index is 4.06. The van der Waals surface area contributed by atoms with Gasteiger partial charge in [-0.1, -0.05) is 29.5 Å². The summed E-state index contributed by atoms with van der Waals surface area (Å²) in [5.41, 5.74) is 3.73. The van der Waals surface area contributed by atoms with Crippen LogP contribution in [0.5, 0.6) is 0 Å². The molecule has 13 heavy (non-hydrogen) atoms. The Morgan fingerprint density at radius 3 is 3.08 bits per heavy atom. The maximum absolute atomic E-state index is 4.06. The van der Waals surface area contributed by atoms with E-state index in [1.807, 2.05) is 16.9 Å². The van der Waals surface area contributed by atoms with E-state index in [0.717, 1.165) is 5.69 Å². The molecule has 0 N–H and O–H groups in total. The van der Waals surface area contributed by atoms with Gasteiger partial charge in [-0.15, -0.1) is 5.10 Å². The summed E-state index contributed by atoms with van der Waals surface area (Å²) in [4.78, 5) is 0. The van der Waals surface area contributed by atoms with Crippen LogP contribution < -0.4 is 0 Å². The highest BCUT2D eigenvalue weighted by atomic mass is 15.4. The predicted octanol–water partition coefficient (Wildman–Crippen LogP) is 1.87. The van der Waals surface area contributed by atoms with Gasteiger partial charge >= 0.3 is 0 Å². The zero-order valence-electron chi connectivity index (χ0n) is 7.31. The number of hydrogen-bond donors (Lipinski definition) is 0. The van der Waals surface area contributed by atoms with Gasteiger partial charge in [-0.2, -0.15) is 0 Å². The van der Waals surface area contributed by atoms with Crippen LogP contribution in [0.3, 0.4) is 0 Å². The SMILES string of the molecule is CC1c2ccccc2-c2cnnn21. The summed E-state index contributed by atoms with van der Waals surface area (Å²) in [5, 5.41) is 7.97. The van der Waals surface area contributed by atoms with Crippen LogP contribution in [0.2, 0.25) is 0 Å². The van der Waals surface area contributed by atoms with Gasteiger partial charge in [-0.25, -0.2) is 4.68 Å². The monoisotopic (exact) mass is 171 g/mol.